The Morgan fingerprint density at radius 2 is 0.947 bits per heavy atom. The maximum atomic E-state index is 14.8. The Bertz CT molecular complexity index is 2580. The van der Waals surface area contributed by atoms with Crippen molar-refractivity contribution in [2.45, 2.75) is 147 Å². The van der Waals surface area contributed by atoms with Gasteiger partial charge in [-0.1, -0.05) is 178 Å². The van der Waals surface area contributed by atoms with E-state index in [0.29, 0.717) is 6.54 Å². The van der Waals surface area contributed by atoms with E-state index in [4.69, 9.17) is 25.2 Å². The topological polar surface area (TPSA) is 167 Å². The van der Waals surface area contributed by atoms with E-state index in [0.717, 1.165) is 46.3 Å². The first-order chi connectivity index (χ1) is 34.2. The number of nitrogens with zero attached hydrogens (tertiary/aromatic N) is 4. The monoisotopic (exact) mass is 1040 g/mol. The van der Waals surface area contributed by atoms with Gasteiger partial charge in [-0.3, -0.25) is 0 Å². The van der Waals surface area contributed by atoms with Gasteiger partial charge in [-0.25, -0.2) is 28.3 Å². The minimum atomic E-state index is -1.67. The standard InChI is InChI=1S/C29H39FN4O2.C21H25N3.C8H14FNO3.2CH4/c1-28(2,3)25(31-17-23(30)18-32-27(35)36-29(4,5)6)26-33-24(22-15-11-8-12-16-22)20-34(26)19-21-13-9-7-10-14-21;1-21(2,3)19(22)20-23-18(17-12-8-5-9-13-17)15-24(20)14-16-10-6-4-7-11-16;1-8(2,3)13-7(12)10-4-6(9)5-11;;/h7-16,20,23,25,31H,17-19H2,1-6H3,(H,32,35);4-13,15,19H,14,22H2,1-3H3;5-6H,4H2,1-3H3,(H,10,12);2*1H4/t23-,25-;19-;6-;;/m001../s1. The lowest BCUT2D eigenvalue weighted by Crippen LogP contribution is -2.42. The fourth-order valence-corrected chi connectivity index (χ4v) is 7.19. The smallest absolute Gasteiger partial charge is 0.407 e. The zero-order valence-corrected chi connectivity index (χ0v) is 44.8. The van der Waals surface area contributed by atoms with E-state index < -0.39 is 35.7 Å². The molecule has 0 spiro atoms. The molecule has 6 aromatic rings. The fraction of sp³-hybridized carbons (Fsp3) is 0.450. The van der Waals surface area contributed by atoms with E-state index in [1.807, 2.05) is 72.8 Å². The molecule has 2 heterocycles. The first kappa shape index (κ1) is 64.4. The summed E-state index contributed by atoms with van der Waals surface area (Å²) in [6, 6.07) is 40.6. The lowest BCUT2D eigenvalue weighted by molar-refractivity contribution is -0.111. The molecule has 5 N–H and O–H groups in total. The predicted octanol–water partition coefficient (Wildman–Crippen LogP) is 13.1. The molecular weight excluding hydrogens is 951 g/mol. The maximum Gasteiger partial charge on any atom is 0.407 e. The summed E-state index contributed by atoms with van der Waals surface area (Å²) >= 11 is 0. The number of benzene rings is 4. The summed E-state index contributed by atoms with van der Waals surface area (Å²) in [7, 11) is 0. The zero-order valence-electron chi connectivity index (χ0n) is 44.8. The summed E-state index contributed by atoms with van der Waals surface area (Å²) in [6.45, 7) is 24.2. The summed E-state index contributed by atoms with van der Waals surface area (Å²) < 4.78 is 41.4. The van der Waals surface area contributed by atoms with Crippen molar-refractivity contribution in [1.82, 2.24) is 35.1 Å². The number of nitrogens with one attached hydrogen (secondary N) is 3. The molecule has 6 rings (SSSR count). The van der Waals surface area contributed by atoms with Gasteiger partial charge >= 0.3 is 12.2 Å². The van der Waals surface area contributed by atoms with Crippen LogP contribution in [0.15, 0.2) is 134 Å². The normalized spacial score (nSPS) is 13.1. The highest BCUT2D eigenvalue weighted by Crippen LogP contribution is 2.35. The van der Waals surface area contributed by atoms with Crippen molar-refractivity contribution in [3.63, 3.8) is 0 Å². The van der Waals surface area contributed by atoms with Gasteiger partial charge in [0, 0.05) is 43.2 Å². The molecule has 0 aliphatic carbocycles. The van der Waals surface area contributed by atoms with Gasteiger partial charge in [0.1, 0.15) is 29.0 Å². The molecule has 0 radical (unpaired) electrons. The third kappa shape index (κ3) is 22.7. The van der Waals surface area contributed by atoms with Crippen LogP contribution < -0.4 is 21.7 Å². The molecule has 2 amide bonds. The first-order valence-electron chi connectivity index (χ1n) is 24.7. The number of amides is 2. The van der Waals surface area contributed by atoms with Crippen molar-refractivity contribution in [3.8, 4) is 22.5 Å². The second-order valence-electron chi connectivity index (χ2n) is 22.0. The molecule has 0 bridgehead atoms. The highest BCUT2D eigenvalue weighted by atomic mass is 19.1. The van der Waals surface area contributed by atoms with E-state index in [1.165, 1.54) is 5.56 Å². The van der Waals surface area contributed by atoms with Crippen LogP contribution in [0, 0.1) is 10.8 Å². The van der Waals surface area contributed by atoms with E-state index >= 15 is 0 Å². The molecule has 0 fully saturated rings. The van der Waals surface area contributed by atoms with Crippen LogP contribution in [-0.4, -0.2) is 80.8 Å². The van der Waals surface area contributed by atoms with Crippen LogP contribution in [-0.2, 0) is 27.4 Å². The first-order valence-corrected chi connectivity index (χ1v) is 24.7. The van der Waals surface area contributed by atoms with Crippen LogP contribution in [0.5, 0.6) is 0 Å². The number of hydrogen-bond acceptors (Lipinski definition) is 9. The minimum absolute atomic E-state index is 0. The third-order valence-corrected chi connectivity index (χ3v) is 10.9. The number of rotatable bonds is 16. The fourth-order valence-electron chi connectivity index (χ4n) is 7.19. The van der Waals surface area contributed by atoms with Crippen molar-refractivity contribution in [2.24, 2.45) is 16.6 Å². The number of carbonyl (C=O) groups excluding carboxylic acids is 3. The largest absolute Gasteiger partial charge is 0.444 e. The predicted molar refractivity (Wildman–Crippen MR) is 301 cm³/mol. The van der Waals surface area contributed by atoms with E-state index in [-0.39, 0.29) is 63.7 Å². The maximum absolute atomic E-state index is 14.8. The summed E-state index contributed by atoms with van der Waals surface area (Å²) in [5.74, 6) is 1.78. The zero-order chi connectivity index (χ0) is 54.0. The highest BCUT2D eigenvalue weighted by Gasteiger charge is 2.32. The Morgan fingerprint density at radius 3 is 1.32 bits per heavy atom. The van der Waals surface area contributed by atoms with Gasteiger partial charge in [0.2, 0.25) is 0 Å². The second-order valence-corrected chi connectivity index (χ2v) is 22.0. The number of aromatic nitrogens is 4. The summed E-state index contributed by atoms with van der Waals surface area (Å²) in [6.07, 6.45) is -0.00292. The Morgan fingerprint density at radius 1 is 0.573 bits per heavy atom. The molecule has 0 saturated carbocycles. The molecule has 0 unspecified atom stereocenters. The second kappa shape index (κ2) is 29.4. The van der Waals surface area contributed by atoms with E-state index in [2.05, 4.69) is 128 Å². The number of aldehydes is 1. The van der Waals surface area contributed by atoms with Crippen molar-refractivity contribution in [1.29, 1.82) is 0 Å². The lowest BCUT2D eigenvalue weighted by Gasteiger charge is -2.32. The van der Waals surface area contributed by atoms with Crippen LogP contribution >= 0.6 is 0 Å². The van der Waals surface area contributed by atoms with Gasteiger partial charge in [0.15, 0.2) is 12.5 Å². The number of nitrogens with two attached hydrogens (primary N) is 1. The number of alkyl carbamates (subject to hydrolysis) is 2. The molecule has 410 valence electrons. The molecule has 2 aromatic heterocycles. The van der Waals surface area contributed by atoms with Crippen molar-refractivity contribution in [2.75, 3.05) is 19.6 Å². The van der Waals surface area contributed by atoms with Gasteiger partial charge in [0.05, 0.1) is 36.6 Å². The lowest BCUT2D eigenvalue weighted by atomic mass is 9.86. The quantitative estimate of drug-likeness (QED) is 0.0690. The number of imidazole rings is 2. The number of alkyl halides is 2. The number of carbonyl (C=O) groups is 3. The van der Waals surface area contributed by atoms with Crippen molar-refractivity contribution < 1.29 is 32.6 Å². The number of hydrogen-bond donors (Lipinski definition) is 4. The van der Waals surface area contributed by atoms with Crippen molar-refractivity contribution in [3.05, 3.63) is 156 Å². The van der Waals surface area contributed by atoms with Gasteiger partial charge < -0.3 is 45.1 Å². The number of halogens is 2. The van der Waals surface area contributed by atoms with Crippen LogP contribution in [0.2, 0.25) is 0 Å². The van der Waals surface area contributed by atoms with Crippen LogP contribution in [0.3, 0.4) is 0 Å². The molecule has 0 saturated heterocycles. The Balaban J connectivity index is 0.000000425. The third-order valence-electron chi connectivity index (χ3n) is 10.9. The molecule has 15 heteroatoms. The van der Waals surface area contributed by atoms with Gasteiger partial charge in [-0.15, -0.1) is 0 Å². The molecule has 13 nitrogen and oxygen atoms in total. The Hall–Kier alpha value is -6.71. The molecule has 4 aromatic carbocycles. The summed E-state index contributed by atoms with van der Waals surface area (Å²) in [4.78, 5) is 42.5. The Labute approximate surface area is 446 Å². The van der Waals surface area contributed by atoms with E-state index in [9.17, 15) is 23.2 Å². The molecular formula is C60H86F2N8O5. The van der Waals surface area contributed by atoms with Gasteiger partial charge in [-0.2, -0.15) is 0 Å². The molecule has 0 aliphatic rings. The molecule has 0 aliphatic heterocycles. The van der Waals surface area contributed by atoms with Crippen LogP contribution in [0.1, 0.15) is 133 Å². The minimum Gasteiger partial charge on any atom is -0.444 e. The average molecular weight is 1040 g/mol. The number of ether oxygens (including phenoxy) is 2. The molecule has 75 heavy (non-hydrogen) atoms. The summed E-state index contributed by atoms with van der Waals surface area (Å²) in [5, 5.41) is 8.02. The summed E-state index contributed by atoms with van der Waals surface area (Å²) in [5.41, 5.74) is 11.4. The van der Waals surface area contributed by atoms with Crippen LogP contribution in [0.25, 0.3) is 22.5 Å². The van der Waals surface area contributed by atoms with Crippen LogP contribution in [0.4, 0.5) is 18.4 Å². The van der Waals surface area contributed by atoms with E-state index in [1.54, 1.807) is 41.5 Å². The van der Waals surface area contributed by atoms with Gasteiger partial charge in [-0.05, 0) is 63.5 Å². The Kier molecular flexibility index (Phi) is 25.2. The average Bonchev–Trinajstić information content (AvgIpc) is 3.94. The highest BCUT2D eigenvalue weighted by molar-refractivity contribution is 5.69. The molecule has 4 atom stereocenters. The SMILES string of the molecule is C.C.CC(C)(C)OC(=O)NC[C@@H](F)C=O.CC(C)(C)OC(=O)NC[C@@H](F)CN[C@@H](c1nc(-c2ccccc2)cn1Cc1ccccc1)C(C)(C)C.CC(C)(C)[C@@H](N)c1nc(-c2ccccc2)cn1Cc1ccccc1. The van der Waals surface area contributed by atoms with Crippen molar-refractivity contribution >= 4 is 18.5 Å². The van der Waals surface area contributed by atoms with Gasteiger partial charge in [0.25, 0.3) is 0 Å².